The average molecular weight is 124 g/mol. The number of rotatable bonds is 1. The fourth-order valence-electron chi connectivity index (χ4n) is 1.84. The number of ketones is 1. The second-order valence-corrected chi connectivity index (χ2v) is 3.30. The van der Waals surface area contributed by atoms with Crippen molar-refractivity contribution in [2.45, 2.75) is 32.1 Å². The van der Waals surface area contributed by atoms with Gasteiger partial charge in [-0.05, 0) is 31.6 Å². The van der Waals surface area contributed by atoms with Crippen molar-refractivity contribution in [3.05, 3.63) is 0 Å². The fraction of sp³-hybridized carbons (Fsp3) is 0.875. The molecule has 0 radical (unpaired) electrons. The minimum Gasteiger partial charge on any atom is -0.299 e. The summed E-state index contributed by atoms with van der Waals surface area (Å²) in [7, 11) is 0. The Kier molecular flexibility index (Phi) is 1.11. The van der Waals surface area contributed by atoms with Gasteiger partial charge in [-0.25, -0.2) is 0 Å². The number of carbonyl (C=O) groups excluding carboxylic acids is 1. The van der Waals surface area contributed by atoms with Crippen LogP contribution in [-0.4, -0.2) is 5.78 Å². The standard InChI is InChI=1S/C8H12O/c9-8-3-1-2-7(8)6-4-5-6/h6-7H,1-5H2. The maximum atomic E-state index is 11.1. The monoisotopic (exact) mass is 124 g/mol. The molecular weight excluding hydrogens is 112 g/mol. The first-order valence-electron chi connectivity index (χ1n) is 3.90. The van der Waals surface area contributed by atoms with Crippen molar-refractivity contribution in [3.63, 3.8) is 0 Å². The summed E-state index contributed by atoms with van der Waals surface area (Å²) < 4.78 is 0. The van der Waals surface area contributed by atoms with E-state index in [-0.39, 0.29) is 0 Å². The van der Waals surface area contributed by atoms with E-state index >= 15 is 0 Å². The van der Waals surface area contributed by atoms with Gasteiger partial charge in [-0.2, -0.15) is 0 Å². The molecule has 0 aromatic heterocycles. The van der Waals surface area contributed by atoms with E-state index in [0.29, 0.717) is 11.7 Å². The smallest absolute Gasteiger partial charge is 0.136 e. The van der Waals surface area contributed by atoms with Crippen molar-refractivity contribution in [2.75, 3.05) is 0 Å². The Hall–Kier alpha value is -0.330. The Labute approximate surface area is 55.4 Å². The first-order chi connectivity index (χ1) is 4.38. The molecule has 0 amide bonds. The van der Waals surface area contributed by atoms with Gasteiger partial charge in [0.2, 0.25) is 0 Å². The molecule has 1 atom stereocenters. The van der Waals surface area contributed by atoms with Gasteiger partial charge in [0.15, 0.2) is 0 Å². The highest BCUT2D eigenvalue weighted by atomic mass is 16.1. The topological polar surface area (TPSA) is 17.1 Å². The van der Waals surface area contributed by atoms with Gasteiger partial charge in [-0.1, -0.05) is 0 Å². The number of hydrogen-bond acceptors (Lipinski definition) is 1. The summed E-state index contributed by atoms with van der Waals surface area (Å²) in [6, 6.07) is 0. The molecule has 2 rings (SSSR count). The maximum Gasteiger partial charge on any atom is 0.136 e. The highest BCUT2D eigenvalue weighted by Crippen LogP contribution is 2.42. The van der Waals surface area contributed by atoms with Crippen LogP contribution in [0.4, 0.5) is 0 Å². The molecule has 0 heterocycles. The van der Waals surface area contributed by atoms with Crippen molar-refractivity contribution in [1.29, 1.82) is 0 Å². The summed E-state index contributed by atoms with van der Waals surface area (Å²) in [4.78, 5) is 11.1. The van der Waals surface area contributed by atoms with Gasteiger partial charge >= 0.3 is 0 Å². The van der Waals surface area contributed by atoms with Crippen LogP contribution in [0.15, 0.2) is 0 Å². The van der Waals surface area contributed by atoms with E-state index in [1.54, 1.807) is 0 Å². The second kappa shape index (κ2) is 1.83. The zero-order valence-corrected chi connectivity index (χ0v) is 5.60. The van der Waals surface area contributed by atoms with E-state index in [4.69, 9.17) is 0 Å². The molecule has 2 aliphatic carbocycles. The predicted octanol–water partition coefficient (Wildman–Crippen LogP) is 1.77. The minimum absolute atomic E-state index is 0.505. The van der Waals surface area contributed by atoms with Crippen LogP contribution in [0.2, 0.25) is 0 Å². The Balaban J connectivity index is 2.01. The van der Waals surface area contributed by atoms with E-state index in [9.17, 15) is 4.79 Å². The zero-order valence-electron chi connectivity index (χ0n) is 5.60. The Bertz CT molecular complexity index is 136. The molecule has 0 N–H and O–H groups in total. The molecule has 2 aliphatic rings. The van der Waals surface area contributed by atoms with Gasteiger partial charge < -0.3 is 0 Å². The Morgan fingerprint density at radius 3 is 2.44 bits per heavy atom. The summed E-state index contributed by atoms with van der Waals surface area (Å²) in [5.41, 5.74) is 0. The summed E-state index contributed by atoms with van der Waals surface area (Å²) in [6.07, 6.45) is 5.90. The molecule has 0 aliphatic heterocycles. The minimum atomic E-state index is 0.505. The first kappa shape index (κ1) is 5.45. The van der Waals surface area contributed by atoms with Gasteiger partial charge in [-0.3, -0.25) is 4.79 Å². The average Bonchev–Trinajstić information content (AvgIpc) is 2.58. The van der Waals surface area contributed by atoms with Crippen LogP contribution in [0, 0.1) is 11.8 Å². The lowest BCUT2D eigenvalue weighted by Gasteiger charge is -2.01. The zero-order chi connectivity index (χ0) is 6.27. The van der Waals surface area contributed by atoms with Gasteiger partial charge in [0.05, 0.1) is 0 Å². The van der Waals surface area contributed by atoms with Crippen molar-refractivity contribution in [1.82, 2.24) is 0 Å². The van der Waals surface area contributed by atoms with Gasteiger partial charge in [0.1, 0.15) is 5.78 Å². The van der Waals surface area contributed by atoms with E-state index in [0.717, 1.165) is 12.3 Å². The van der Waals surface area contributed by atoms with Crippen LogP contribution in [0.5, 0.6) is 0 Å². The molecular formula is C8H12O. The molecule has 9 heavy (non-hydrogen) atoms. The molecule has 0 bridgehead atoms. The van der Waals surface area contributed by atoms with Gasteiger partial charge in [0.25, 0.3) is 0 Å². The lowest BCUT2D eigenvalue weighted by Crippen LogP contribution is -2.07. The lowest BCUT2D eigenvalue weighted by molar-refractivity contribution is -0.121. The summed E-state index contributed by atoms with van der Waals surface area (Å²) in [5, 5.41) is 0. The van der Waals surface area contributed by atoms with Crippen molar-refractivity contribution >= 4 is 5.78 Å². The number of Topliss-reactive ketones (excluding diaryl/α,β-unsaturated/α-hetero) is 1. The summed E-state index contributed by atoms with van der Waals surface area (Å²) in [6.45, 7) is 0. The molecule has 0 aromatic carbocycles. The normalized spacial score (nSPS) is 35.6. The molecule has 2 saturated carbocycles. The third-order valence-electron chi connectivity index (χ3n) is 2.54. The first-order valence-corrected chi connectivity index (χ1v) is 3.90. The van der Waals surface area contributed by atoms with E-state index in [1.165, 1.54) is 25.7 Å². The predicted molar refractivity (Wildman–Crippen MR) is 35.1 cm³/mol. The second-order valence-electron chi connectivity index (χ2n) is 3.30. The van der Waals surface area contributed by atoms with Crippen LogP contribution in [-0.2, 0) is 4.79 Å². The van der Waals surface area contributed by atoms with Crippen molar-refractivity contribution in [2.24, 2.45) is 11.8 Å². The van der Waals surface area contributed by atoms with Crippen LogP contribution in [0.3, 0.4) is 0 Å². The molecule has 0 aromatic rings. The van der Waals surface area contributed by atoms with Gasteiger partial charge in [0, 0.05) is 12.3 Å². The van der Waals surface area contributed by atoms with E-state index < -0.39 is 0 Å². The highest BCUT2D eigenvalue weighted by Gasteiger charge is 2.37. The van der Waals surface area contributed by atoms with Gasteiger partial charge in [-0.15, -0.1) is 0 Å². The molecule has 0 spiro atoms. The van der Waals surface area contributed by atoms with Crippen LogP contribution in [0.1, 0.15) is 32.1 Å². The molecule has 2 fully saturated rings. The molecule has 50 valence electrons. The molecule has 1 nitrogen and oxygen atoms in total. The quantitative estimate of drug-likeness (QED) is 0.520. The van der Waals surface area contributed by atoms with Crippen LogP contribution < -0.4 is 0 Å². The fourth-order valence-corrected chi connectivity index (χ4v) is 1.84. The van der Waals surface area contributed by atoms with Crippen LogP contribution in [0.25, 0.3) is 0 Å². The highest BCUT2D eigenvalue weighted by molar-refractivity contribution is 5.83. The molecule has 1 heteroatoms. The Morgan fingerprint density at radius 1 is 1.22 bits per heavy atom. The summed E-state index contributed by atoms with van der Waals surface area (Å²) >= 11 is 0. The van der Waals surface area contributed by atoms with Crippen molar-refractivity contribution < 1.29 is 4.79 Å². The molecule has 0 saturated heterocycles. The van der Waals surface area contributed by atoms with Crippen molar-refractivity contribution in [3.8, 4) is 0 Å². The third kappa shape index (κ3) is 0.887. The van der Waals surface area contributed by atoms with Crippen LogP contribution >= 0.6 is 0 Å². The Morgan fingerprint density at radius 2 is 2.00 bits per heavy atom. The molecule has 1 unspecified atom stereocenters. The summed E-state index contributed by atoms with van der Waals surface area (Å²) in [5.74, 6) is 1.88. The number of hydrogen-bond donors (Lipinski definition) is 0. The SMILES string of the molecule is O=C1CCCC1C1CC1. The van der Waals surface area contributed by atoms with E-state index in [1.807, 2.05) is 0 Å². The maximum absolute atomic E-state index is 11.1. The number of carbonyl (C=O) groups is 1. The lowest BCUT2D eigenvalue weighted by atomic mass is 10.0. The van der Waals surface area contributed by atoms with E-state index in [2.05, 4.69) is 0 Å². The largest absolute Gasteiger partial charge is 0.299 e. The third-order valence-corrected chi connectivity index (χ3v) is 2.54.